The third-order valence-electron chi connectivity index (χ3n) is 4.91. The lowest BCUT2D eigenvalue weighted by molar-refractivity contribution is 0.0355. The van der Waals surface area contributed by atoms with E-state index in [4.69, 9.17) is 4.74 Å². The van der Waals surface area contributed by atoms with E-state index in [-0.39, 0.29) is 5.54 Å². The van der Waals surface area contributed by atoms with E-state index < -0.39 is 0 Å². The molecule has 1 fully saturated rings. The second-order valence-corrected chi connectivity index (χ2v) is 6.88. The Kier molecular flexibility index (Phi) is 8.22. The maximum Gasteiger partial charge on any atom is 0.191 e. The minimum absolute atomic E-state index is 0.0237. The van der Waals surface area contributed by atoms with Gasteiger partial charge in [-0.3, -0.25) is 4.99 Å². The molecule has 0 amide bonds. The highest BCUT2D eigenvalue weighted by molar-refractivity contribution is 5.79. The predicted molar refractivity (Wildman–Crippen MR) is 105 cm³/mol. The van der Waals surface area contributed by atoms with Crippen molar-refractivity contribution in [1.29, 1.82) is 0 Å². The van der Waals surface area contributed by atoms with Gasteiger partial charge < -0.3 is 20.7 Å². The smallest absolute Gasteiger partial charge is 0.191 e. The number of unbranched alkanes of at least 4 members (excludes halogenated alkanes) is 1. The zero-order valence-electron chi connectivity index (χ0n) is 16.0. The van der Waals surface area contributed by atoms with E-state index in [0.29, 0.717) is 6.04 Å². The van der Waals surface area contributed by atoms with Crippen molar-refractivity contribution in [3.05, 3.63) is 35.9 Å². The topological polar surface area (TPSA) is 57.7 Å². The average molecular weight is 347 g/mol. The molecule has 140 valence electrons. The Morgan fingerprint density at radius 1 is 1.20 bits per heavy atom. The van der Waals surface area contributed by atoms with E-state index in [0.717, 1.165) is 51.5 Å². The second kappa shape index (κ2) is 10.4. The summed E-state index contributed by atoms with van der Waals surface area (Å²) in [6, 6.07) is 10.9. The van der Waals surface area contributed by atoms with Crippen LogP contribution in [0.3, 0.4) is 0 Å². The number of hydrogen-bond donors (Lipinski definition) is 3. The van der Waals surface area contributed by atoms with Crippen LogP contribution in [0, 0.1) is 0 Å². The predicted octanol–water partition coefficient (Wildman–Crippen LogP) is 2.85. The van der Waals surface area contributed by atoms with Crippen LogP contribution in [-0.2, 0) is 4.74 Å². The molecule has 0 spiro atoms. The fraction of sp³-hybridized carbons (Fsp3) is 0.650. The molecule has 3 N–H and O–H groups in total. The van der Waals surface area contributed by atoms with Crippen LogP contribution in [0.25, 0.3) is 0 Å². The summed E-state index contributed by atoms with van der Waals surface area (Å²) in [4.78, 5) is 4.35. The highest BCUT2D eigenvalue weighted by atomic mass is 16.5. The highest BCUT2D eigenvalue weighted by Gasteiger charge is 2.34. The normalized spacial score (nSPS) is 18.6. The fourth-order valence-corrected chi connectivity index (χ4v) is 3.28. The molecule has 25 heavy (non-hydrogen) atoms. The first kappa shape index (κ1) is 19.7. The van der Waals surface area contributed by atoms with Gasteiger partial charge in [0.1, 0.15) is 0 Å². The molecule has 1 atom stereocenters. The molecule has 0 saturated carbocycles. The molecule has 1 heterocycles. The van der Waals surface area contributed by atoms with Gasteiger partial charge in [-0.25, -0.2) is 0 Å². The largest absolute Gasteiger partial charge is 0.381 e. The highest BCUT2D eigenvalue weighted by Crippen LogP contribution is 2.25. The molecule has 0 radical (unpaired) electrons. The van der Waals surface area contributed by atoms with Crippen LogP contribution < -0.4 is 16.0 Å². The molecule has 1 aliphatic heterocycles. The second-order valence-electron chi connectivity index (χ2n) is 6.88. The van der Waals surface area contributed by atoms with Gasteiger partial charge in [0.05, 0.1) is 0 Å². The Morgan fingerprint density at radius 2 is 1.92 bits per heavy atom. The van der Waals surface area contributed by atoms with Gasteiger partial charge >= 0.3 is 0 Å². The van der Waals surface area contributed by atoms with Crippen molar-refractivity contribution in [2.45, 2.75) is 51.1 Å². The summed E-state index contributed by atoms with van der Waals surface area (Å²) in [6.07, 6.45) is 4.34. The third-order valence-corrected chi connectivity index (χ3v) is 4.91. The zero-order chi connectivity index (χ0) is 18.0. The molecular weight excluding hydrogens is 312 g/mol. The summed E-state index contributed by atoms with van der Waals surface area (Å²) >= 11 is 0. The van der Waals surface area contributed by atoms with E-state index in [1.54, 1.807) is 0 Å². The molecule has 1 aromatic rings. The minimum atomic E-state index is 0.0237. The molecule has 1 saturated heterocycles. The van der Waals surface area contributed by atoms with Gasteiger partial charge in [0.2, 0.25) is 0 Å². The van der Waals surface area contributed by atoms with E-state index in [2.05, 4.69) is 65.1 Å². The van der Waals surface area contributed by atoms with Crippen LogP contribution in [0.2, 0.25) is 0 Å². The molecule has 5 heteroatoms. The van der Waals surface area contributed by atoms with Crippen molar-refractivity contribution < 1.29 is 4.74 Å². The van der Waals surface area contributed by atoms with Crippen LogP contribution in [0.15, 0.2) is 35.3 Å². The van der Waals surface area contributed by atoms with Crippen LogP contribution in [0.1, 0.15) is 51.1 Å². The third kappa shape index (κ3) is 6.33. The lowest BCUT2D eigenvalue weighted by atomic mass is 9.88. The summed E-state index contributed by atoms with van der Waals surface area (Å²) in [5, 5.41) is 10.8. The number of hydrogen-bond acceptors (Lipinski definition) is 3. The van der Waals surface area contributed by atoms with Crippen LogP contribution >= 0.6 is 0 Å². The zero-order valence-corrected chi connectivity index (χ0v) is 16.0. The van der Waals surface area contributed by atoms with E-state index in [1.807, 2.05) is 7.05 Å². The molecule has 1 aromatic carbocycles. The Labute approximate surface area is 152 Å². The maximum absolute atomic E-state index is 5.61. The monoisotopic (exact) mass is 346 g/mol. The van der Waals surface area contributed by atoms with Gasteiger partial charge in [-0.05, 0) is 31.7 Å². The van der Waals surface area contributed by atoms with Crippen LogP contribution in [0.4, 0.5) is 0 Å². The number of benzene rings is 1. The Morgan fingerprint density at radius 3 is 2.56 bits per heavy atom. The average Bonchev–Trinajstić information content (AvgIpc) is 2.66. The van der Waals surface area contributed by atoms with Crippen LogP contribution in [0.5, 0.6) is 0 Å². The number of aliphatic imine (C=N–C) groups is 1. The summed E-state index contributed by atoms with van der Waals surface area (Å²) < 4.78 is 5.61. The van der Waals surface area contributed by atoms with Gasteiger partial charge in [0.15, 0.2) is 5.96 Å². The van der Waals surface area contributed by atoms with E-state index >= 15 is 0 Å². The standard InChI is InChI=1S/C20H34N4O/c1-4-5-13-22-19(21-3)23-16-20(11-14-25-15-12-20)24-17(2)18-9-7-6-8-10-18/h6-10,17,24H,4-5,11-16H2,1-3H3,(H2,21,22,23). The number of nitrogens with zero attached hydrogens (tertiary/aromatic N) is 1. The van der Waals surface area contributed by atoms with Gasteiger partial charge in [-0.1, -0.05) is 43.7 Å². The number of nitrogens with one attached hydrogen (secondary N) is 3. The number of ether oxygens (including phenoxy) is 1. The lowest BCUT2D eigenvalue weighted by Crippen LogP contribution is -2.58. The first-order chi connectivity index (χ1) is 12.2. The van der Waals surface area contributed by atoms with Crippen molar-refractivity contribution in [2.24, 2.45) is 4.99 Å². The van der Waals surface area contributed by atoms with Crippen LogP contribution in [-0.4, -0.2) is 44.8 Å². The van der Waals surface area contributed by atoms with Gasteiger partial charge in [0, 0.05) is 44.9 Å². The quantitative estimate of drug-likeness (QED) is 0.385. The molecule has 0 aromatic heterocycles. The minimum Gasteiger partial charge on any atom is -0.381 e. The van der Waals surface area contributed by atoms with E-state index in [1.165, 1.54) is 12.0 Å². The Bertz CT molecular complexity index is 512. The number of rotatable bonds is 8. The van der Waals surface area contributed by atoms with Crippen molar-refractivity contribution in [1.82, 2.24) is 16.0 Å². The molecule has 1 unspecified atom stereocenters. The molecule has 0 bridgehead atoms. The van der Waals surface area contributed by atoms with Crippen molar-refractivity contribution in [3.8, 4) is 0 Å². The van der Waals surface area contributed by atoms with Gasteiger partial charge in [-0.15, -0.1) is 0 Å². The fourth-order valence-electron chi connectivity index (χ4n) is 3.28. The van der Waals surface area contributed by atoms with Gasteiger partial charge in [-0.2, -0.15) is 0 Å². The molecule has 0 aliphatic carbocycles. The first-order valence-electron chi connectivity index (χ1n) is 9.54. The molecule has 1 aliphatic rings. The molecule has 2 rings (SSSR count). The summed E-state index contributed by atoms with van der Waals surface area (Å²) in [5.41, 5.74) is 1.34. The maximum atomic E-state index is 5.61. The molecular formula is C20H34N4O. The van der Waals surface area contributed by atoms with Crippen molar-refractivity contribution >= 4 is 5.96 Å². The first-order valence-corrected chi connectivity index (χ1v) is 9.54. The number of guanidine groups is 1. The Hall–Kier alpha value is -1.59. The SMILES string of the molecule is CCCCNC(=NC)NCC1(NC(C)c2ccccc2)CCOCC1. The summed E-state index contributed by atoms with van der Waals surface area (Å²) in [6.45, 7) is 7.85. The summed E-state index contributed by atoms with van der Waals surface area (Å²) in [7, 11) is 1.83. The molecule has 5 nitrogen and oxygen atoms in total. The van der Waals surface area contributed by atoms with Crippen molar-refractivity contribution in [2.75, 3.05) is 33.4 Å². The Balaban J connectivity index is 1.97. The summed E-state index contributed by atoms with van der Waals surface area (Å²) in [5.74, 6) is 0.883. The van der Waals surface area contributed by atoms with E-state index in [9.17, 15) is 0 Å². The van der Waals surface area contributed by atoms with Gasteiger partial charge in [0.25, 0.3) is 0 Å². The lowest BCUT2D eigenvalue weighted by Gasteiger charge is -2.41. The van der Waals surface area contributed by atoms with Crippen molar-refractivity contribution in [3.63, 3.8) is 0 Å².